The van der Waals surface area contributed by atoms with Crippen LogP contribution in [0, 0.1) is 5.41 Å². The molecule has 0 saturated carbocycles. The first-order chi connectivity index (χ1) is 13.6. The zero-order valence-electron chi connectivity index (χ0n) is 17.8. The van der Waals surface area contributed by atoms with Gasteiger partial charge in [-0.3, -0.25) is 9.59 Å². The summed E-state index contributed by atoms with van der Waals surface area (Å²) in [6, 6.07) is 0. The molecule has 0 unspecified atom stereocenters. The highest BCUT2D eigenvalue weighted by molar-refractivity contribution is 5.67. The highest BCUT2D eigenvalue weighted by atomic mass is 16.4. The monoisotopic (exact) mass is 430 g/mol. The van der Waals surface area contributed by atoms with Gasteiger partial charge in [-0.15, -0.1) is 0 Å². The van der Waals surface area contributed by atoms with Gasteiger partial charge in [0.2, 0.25) is 0 Å². The van der Waals surface area contributed by atoms with Crippen molar-refractivity contribution in [1.29, 1.82) is 0 Å². The molecule has 0 saturated heterocycles. The molecule has 178 valence electrons. The SMILES string of the molecule is CC(C)(CO)CO.O=C(O)CCCCC(=O)O.OCCCCCCO.OCCO. The molecule has 0 radical (unpaired) electrons. The van der Waals surface area contributed by atoms with Crippen molar-refractivity contribution in [2.24, 2.45) is 5.41 Å². The molecule has 8 N–H and O–H groups in total. The molecule has 0 rings (SSSR count). The molecule has 10 nitrogen and oxygen atoms in total. The zero-order valence-corrected chi connectivity index (χ0v) is 17.8. The van der Waals surface area contributed by atoms with E-state index in [9.17, 15) is 9.59 Å². The predicted molar refractivity (Wildman–Crippen MR) is 109 cm³/mol. The van der Waals surface area contributed by atoms with Crippen LogP contribution in [-0.4, -0.2) is 92.4 Å². The summed E-state index contributed by atoms with van der Waals surface area (Å²) in [5, 5.41) is 65.0. The topological polar surface area (TPSA) is 196 Å². The summed E-state index contributed by atoms with van der Waals surface area (Å²) in [5.74, 6) is -1.74. The summed E-state index contributed by atoms with van der Waals surface area (Å²) < 4.78 is 0. The molecule has 0 atom stereocenters. The second kappa shape index (κ2) is 28.9. The van der Waals surface area contributed by atoms with Gasteiger partial charge in [-0.2, -0.15) is 0 Å². The highest BCUT2D eigenvalue weighted by Gasteiger charge is 2.13. The fraction of sp³-hybridized carbons (Fsp3) is 0.895. The Morgan fingerprint density at radius 2 is 0.862 bits per heavy atom. The van der Waals surface area contributed by atoms with Gasteiger partial charge in [0.15, 0.2) is 0 Å². The van der Waals surface area contributed by atoms with Gasteiger partial charge in [0, 0.05) is 31.5 Å². The van der Waals surface area contributed by atoms with E-state index in [2.05, 4.69) is 0 Å². The van der Waals surface area contributed by atoms with Crippen LogP contribution in [0.25, 0.3) is 0 Å². The molecule has 10 heteroatoms. The molecule has 0 fully saturated rings. The van der Waals surface area contributed by atoms with Gasteiger partial charge in [-0.05, 0) is 25.7 Å². The summed E-state index contributed by atoms with van der Waals surface area (Å²) in [6.07, 6.45) is 4.85. The van der Waals surface area contributed by atoms with Crippen LogP contribution < -0.4 is 0 Å². The third-order valence-corrected chi connectivity index (χ3v) is 3.05. The van der Waals surface area contributed by atoms with E-state index in [4.69, 9.17) is 40.9 Å². The Labute approximate surface area is 173 Å². The van der Waals surface area contributed by atoms with Crippen LogP contribution in [0.3, 0.4) is 0 Å². The van der Waals surface area contributed by atoms with Crippen molar-refractivity contribution in [3.05, 3.63) is 0 Å². The minimum atomic E-state index is -0.870. The van der Waals surface area contributed by atoms with Gasteiger partial charge in [0.25, 0.3) is 0 Å². The van der Waals surface area contributed by atoms with Gasteiger partial charge in [-0.1, -0.05) is 26.7 Å². The minimum Gasteiger partial charge on any atom is -0.481 e. The minimum absolute atomic E-state index is 0.0451. The molecule has 0 aliphatic heterocycles. The molecule has 29 heavy (non-hydrogen) atoms. The van der Waals surface area contributed by atoms with Crippen LogP contribution in [-0.2, 0) is 9.59 Å². The number of rotatable bonds is 13. The average Bonchev–Trinajstić information content (AvgIpc) is 2.69. The second-order valence-corrected chi connectivity index (χ2v) is 6.78. The average molecular weight is 431 g/mol. The number of aliphatic hydroxyl groups is 6. The van der Waals surface area contributed by atoms with Gasteiger partial charge in [0.05, 0.1) is 26.4 Å². The van der Waals surface area contributed by atoms with E-state index in [0.717, 1.165) is 25.7 Å². The lowest BCUT2D eigenvalue weighted by Gasteiger charge is -2.16. The van der Waals surface area contributed by atoms with E-state index in [0.29, 0.717) is 12.8 Å². The van der Waals surface area contributed by atoms with E-state index in [1.54, 1.807) is 13.8 Å². The normalized spacial score (nSPS) is 9.79. The third-order valence-electron chi connectivity index (χ3n) is 3.05. The molecule has 0 bridgehead atoms. The van der Waals surface area contributed by atoms with Crippen molar-refractivity contribution in [3.63, 3.8) is 0 Å². The van der Waals surface area contributed by atoms with E-state index in [1.807, 2.05) is 0 Å². The summed E-state index contributed by atoms with van der Waals surface area (Å²) in [4.78, 5) is 19.8. The van der Waals surface area contributed by atoms with Crippen molar-refractivity contribution in [1.82, 2.24) is 0 Å². The van der Waals surface area contributed by atoms with Crippen LogP contribution in [0.5, 0.6) is 0 Å². The third kappa shape index (κ3) is 52.0. The molecular formula is C19H42O10. The number of hydrogen-bond donors (Lipinski definition) is 8. The largest absolute Gasteiger partial charge is 0.481 e. The molecule has 0 aliphatic rings. The predicted octanol–water partition coefficient (Wildman–Crippen LogP) is 0.216. The van der Waals surface area contributed by atoms with Crippen LogP contribution in [0.2, 0.25) is 0 Å². The van der Waals surface area contributed by atoms with Crippen molar-refractivity contribution in [2.45, 2.75) is 65.2 Å². The number of hydrogen-bond acceptors (Lipinski definition) is 8. The Bertz CT molecular complexity index is 305. The summed E-state index contributed by atoms with van der Waals surface area (Å²) >= 11 is 0. The molecule has 0 aromatic heterocycles. The molecular weight excluding hydrogens is 388 g/mol. The Morgan fingerprint density at radius 3 is 1.00 bits per heavy atom. The molecule has 0 aromatic carbocycles. The summed E-state index contributed by atoms with van der Waals surface area (Å²) in [6.45, 7) is 4.00. The van der Waals surface area contributed by atoms with Gasteiger partial charge >= 0.3 is 11.9 Å². The molecule has 0 aromatic rings. The lowest BCUT2D eigenvalue weighted by molar-refractivity contribution is -0.139. The first-order valence-electron chi connectivity index (χ1n) is 9.67. The number of aliphatic carboxylic acids is 2. The maximum atomic E-state index is 9.90. The molecule has 0 aliphatic carbocycles. The Hall–Kier alpha value is -1.30. The van der Waals surface area contributed by atoms with Crippen molar-refractivity contribution in [3.8, 4) is 0 Å². The maximum Gasteiger partial charge on any atom is 0.303 e. The second-order valence-electron chi connectivity index (χ2n) is 6.78. The van der Waals surface area contributed by atoms with E-state index < -0.39 is 11.9 Å². The zero-order chi connectivity index (χ0) is 23.6. The first-order valence-corrected chi connectivity index (χ1v) is 9.67. The van der Waals surface area contributed by atoms with Crippen LogP contribution in [0.15, 0.2) is 0 Å². The highest BCUT2D eigenvalue weighted by Crippen LogP contribution is 2.10. The van der Waals surface area contributed by atoms with Crippen LogP contribution in [0.1, 0.15) is 65.2 Å². The quantitative estimate of drug-likeness (QED) is 0.187. The summed E-state index contributed by atoms with van der Waals surface area (Å²) in [5.41, 5.74) is -0.306. The van der Waals surface area contributed by atoms with Crippen molar-refractivity contribution in [2.75, 3.05) is 39.6 Å². The Kier molecular flexibility index (Phi) is 35.0. The lowest BCUT2D eigenvalue weighted by Crippen LogP contribution is -2.20. The Balaban J connectivity index is -0.000000150. The maximum absolute atomic E-state index is 9.90. The van der Waals surface area contributed by atoms with E-state index in [1.165, 1.54) is 0 Å². The lowest BCUT2D eigenvalue weighted by atomic mass is 9.97. The molecule has 0 spiro atoms. The standard InChI is InChI=1S/C6H10O4.C6H14O2.C5H12O2.C2H6O2/c7-5(8)3-1-2-4-6(9)10;7-5-3-1-2-4-6-8;1-5(2,3-6)4-7;3-1-2-4/h1-4H2,(H,7,8)(H,9,10);7-8H,1-6H2;6-7H,3-4H2,1-2H3;3-4H,1-2H2. The number of aliphatic hydroxyl groups excluding tert-OH is 6. The van der Waals surface area contributed by atoms with Gasteiger partial charge < -0.3 is 40.9 Å². The number of carboxylic acids is 2. The number of carbonyl (C=O) groups is 2. The first kappa shape index (κ1) is 35.2. The number of unbranched alkanes of at least 4 members (excludes halogenated alkanes) is 4. The van der Waals surface area contributed by atoms with Crippen molar-refractivity contribution < 1.29 is 50.4 Å². The number of carboxylic acid groups (broad SMARTS) is 2. The fourth-order valence-electron chi connectivity index (χ4n) is 1.18. The Morgan fingerprint density at radius 1 is 0.552 bits per heavy atom. The van der Waals surface area contributed by atoms with Crippen LogP contribution in [0.4, 0.5) is 0 Å². The fourth-order valence-corrected chi connectivity index (χ4v) is 1.18. The molecule has 0 amide bonds. The van der Waals surface area contributed by atoms with Gasteiger partial charge in [0.1, 0.15) is 0 Å². The smallest absolute Gasteiger partial charge is 0.303 e. The van der Waals surface area contributed by atoms with Crippen molar-refractivity contribution >= 4 is 11.9 Å². The van der Waals surface area contributed by atoms with E-state index in [-0.39, 0.29) is 57.9 Å². The van der Waals surface area contributed by atoms with Gasteiger partial charge in [-0.25, -0.2) is 0 Å². The van der Waals surface area contributed by atoms with E-state index >= 15 is 0 Å². The van der Waals surface area contributed by atoms with Crippen LogP contribution >= 0.6 is 0 Å². The summed E-state index contributed by atoms with van der Waals surface area (Å²) in [7, 11) is 0. The molecule has 0 heterocycles.